The SMILES string of the molecule is C=Cn1c(SCC(=O)Nc2ccccc2)nnc1-c1ccncc1. The second-order valence-corrected chi connectivity index (χ2v) is 5.74. The lowest BCUT2D eigenvalue weighted by atomic mass is 10.2. The molecule has 0 bridgehead atoms. The van der Waals surface area contributed by atoms with E-state index in [4.69, 9.17) is 0 Å². The summed E-state index contributed by atoms with van der Waals surface area (Å²) in [4.78, 5) is 16.0. The first kappa shape index (κ1) is 15.9. The molecule has 2 heterocycles. The number of para-hydroxylation sites is 1. The molecule has 0 radical (unpaired) electrons. The summed E-state index contributed by atoms with van der Waals surface area (Å²) in [5, 5.41) is 11.8. The third kappa shape index (κ3) is 3.69. The third-order valence-electron chi connectivity index (χ3n) is 3.18. The minimum atomic E-state index is -0.102. The molecule has 120 valence electrons. The van der Waals surface area contributed by atoms with Gasteiger partial charge < -0.3 is 5.32 Å². The normalized spacial score (nSPS) is 10.3. The van der Waals surface area contributed by atoms with Gasteiger partial charge in [0.15, 0.2) is 11.0 Å². The smallest absolute Gasteiger partial charge is 0.234 e. The monoisotopic (exact) mass is 337 g/mol. The van der Waals surface area contributed by atoms with Crippen molar-refractivity contribution in [2.75, 3.05) is 11.1 Å². The van der Waals surface area contributed by atoms with Crippen molar-refractivity contribution >= 4 is 29.6 Å². The number of amides is 1. The molecule has 1 amide bonds. The van der Waals surface area contributed by atoms with Crippen LogP contribution >= 0.6 is 11.8 Å². The van der Waals surface area contributed by atoms with E-state index in [1.807, 2.05) is 42.5 Å². The molecule has 3 aromatic rings. The van der Waals surface area contributed by atoms with Crippen molar-refractivity contribution in [1.82, 2.24) is 19.7 Å². The van der Waals surface area contributed by atoms with Crippen LogP contribution in [0.25, 0.3) is 17.6 Å². The van der Waals surface area contributed by atoms with Crippen LogP contribution < -0.4 is 5.32 Å². The Labute approximate surface area is 143 Å². The Morgan fingerprint density at radius 1 is 1.17 bits per heavy atom. The van der Waals surface area contributed by atoms with Crippen molar-refractivity contribution in [1.29, 1.82) is 0 Å². The van der Waals surface area contributed by atoms with E-state index in [0.717, 1.165) is 11.3 Å². The number of aromatic nitrogens is 4. The summed E-state index contributed by atoms with van der Waals surface area (Å²) in [5.41, 5.74) is 1.66. The fourth-order valence-corrected chi connectivity index (χ4v) is 2.82. The molecule has 0 saturated carbocycles. The number of nitrogens with zero attached hydrogens (tertiary/aromatic N) is 4. The number of carbonyl (C=O) groups is 1. The van der Waals surface area contributed by atoms with E-state index in [0.29, 0.717) is 11.0 Å². The first-order chi connectivity index (χ1) is 11.8. The van der Waals surface area contributed by atoms with E-state index >= 15 is 0 Å². The van der Waals surface area contributed by atoms with Gasteiger partial charge >= 0.3 is 0 Å². The van der Waals surface area contributed by atoms with Gasteiger partial charge in [-0.05, 0) is 24.3 Å². The van der Waals surface area contributed by atoms with Gasteiger partial charge in [0.25, 0.3) is 0 Å². The summed E-state index contributed by atoms with van der Waals surface area (Å²) in [5.74, 6) is 0.797. The van der Waals surface area contributed by atoms with Gasteiger partial charge in [-0.1, -0.05) is 36.5 Å². The van der Waals surface area contributed by atoms with E-state index < -0.39 is 0 Å². The molecule has 3 rings (SSSR count). The maximum atomic E-state index is 12.0. The zero-order valence-corrected chi connectivity index (χ0v) is 13.6. The minimum absolute atomic E-state index is 0.102. The fourth-order valence-electron chi connectivity index (χ4n) is 2.09. The molecule has 1 aromatic carbocycles. The number of nitrogens with one attached hydrogen (secondary N) is 1. The lowest BCUT2D eigenvalue weighted by Crippen LogP contribution is -2.14. The Kier molecular flexibility index (Phi) is 5.02. The Balaban J connectivity index is 1.69. The van der Waals surface area contributed by atoms with Gasteiger partial charge in [0.1, 0.15) is 0 Å². The van der Waals surface area contributed by atoms with Crippen molar-refractivity contribution in [2.24, 2.45) is 0 Å². The number of anilines is 1. The standard InChI is InChI=1S/C17H15N5OS/c1-2-22-16(13-8-10-18-11-9-13)20-21-17(22)24-12-15(23)19-14-6-4-3-5-7-14/h2-11H,1,12H2,(H,19,23). The van der Waals surface area contributed by atoms with E-state index in [1.165, 1.54) is 11.8 Å². The Bertz CT molecular complexity index is 833. The van der Waals surface area contributed by atoms with Gasteiger partial charge in [-0.25, -0.2) is 0 Å². The van der Waals surface area contributed by atoms with Gasteiger partial charge in [0.2, 0.25) is 5.91 Å². The van der Waals surface area contributed by atoms with Gasteiger partial charge in [-0.3, -0.25) is 14.3 Å². The number of hydrogen-bond acceptors (Lipinski definition) is 5. The number of hydrogen-bond donors (Lipinski definition) is 1. The second-order valence-electron chi connectivity index (χ2n) is 4.80. The quantitative estimate of drug-likeness (QED) is 0.700. The first-order valence-corrected chi connectivity index (χ1v) is 8.22. The van der Waals surface area contributed by atoms with Crippen LogP contribution in [0.2, 0.25) is 0 Å². The van der Waals surface area contributed by atoms with E-state index in [2.05, 4.69) is 27.1 Å². The highest BCUT2D eigenvalue weighted by molar-refractivity contribution is 7.99. The molecule has 0 unspecified atom stereocenters. The van der Waals surface area contributed by atoms with E-state index in [1.54, 1.807) is 23.2 Å². The predicted octanol–water partition coefficient (Wildman–Crippen LogP) is 3.17. The highest BCUT2D eigenvalue weighted by Gasteiger charge is 2.13. The Hall–Kier alpha value is -2.93. The van der Waals surface area contributed by atoms with Crippen molar-refractivity contribution < 1.29 is 4.79 Å². The molecule has 0 fully saturated rings. The molecule has 0 spiro atoms. The molecule has 6 nitrogen and oxygen atoms in total. The van der Waals surface area contributed by atoms with Crippen molar-refractivity contribution in [2.45, 2.75) is 5.16 Å². The Morgan fingerprint density at radius 3 is 2.62 bits per heavy atom. The number of carbonyl (C=O) groups excluding carboxylic acids is 1. The van der Waals surface area contributed by atoms with Gasteiger partial charge in [-0.2, -0.15) is 0 Å². The highest BCUT2D eigenvalue weighted by atomic mass is 32.2. The van der Waals surface area contributed by atoms with Crippen LogP contribution in [0.15, 0.2) is 66.6 Å². The summed E-state index contributed by atoms with van der Waals surface area (Å²) in [6.45, 7) is 3.80. The second kappa shape index (κ2) is 7.56. The molecule has 0 aliphatic heterocycles. The summed E-state index contributed by atoms with van der Waals surface area (Å²) in [7, 11) is 0. The summed E-state index contributed by atoms with van der Waals surface area (Å²) in [6, 6.07) is 13.0. The van der Waals surface area contributed by atoms with Crippen LogP contribution in [0.4, 0.5) is 5.69 Å². The fraction of sp³-hybridized carbons (Fsp3) is 0.0588. The van der Waals surface area contributed by atoms with Crippen molar-refractivity contribution in [3.63, 3.8) is 0 Å². The third-order valence-corrected chi connectivity index (χ3v) is 4.12. The number of thioether (sulfide) groups is 1. The Morgan fingerprint density at radius 2 is 1.92 bits per heavy atom. The van der Waals surface area contributed by atoms with Crippen LogP contribution in [0.5, 0.6) is 0 Å². The molecular formula is C17H15N5OS. The molecule has 0 aliphatic rings. The average Bonchev–Trinajstić information content (AvgIpc) is 3.04. The maximum Gasteiger partial charge on any atom is 0.234 e. The molecule has 1 N–H and O–H groups in total. The molecule has 0 saturated heterocycles. The molecular weight excluding hydrogens is 322 g/mol. The van der Waals surface area contributed by atoms with Crippen molar-refractivity contribution in [3.05, 3.63) is 61.4 Å². The van der Waals surface area contributed by atoms with Crippen LogP contribution in [0, 0.1) is 0 Å². The zero-order valence-electron chi connectivity index (χ0n) is 12.8. The van der Waals surface area contributed by atoms with Gasteiger partial charge in [0, 0.05) is 29.8 Å². The molecule has 0 aliphatic carbocycles. The highest BCUT2D eigenvalue weighted by Crippen LogP contribution is 2.23. The first-order valence-electron chi connectivity index (χ1n) is 7.23. The summed E-state index contributed by atoms with van der Waals surface area (Å²) >= 11 is 1.30. The van der Waals surface area contributed by atoms with Crippen LogP contribution in [0.3, 0.4) is 0 Å². The number of benzene rings is 1. The predicted molar refractivity (Wildman–Crippen MR) is 95.4 cm³/mol. The van der Waals surface area contributed by atoms with Gasteiger partial charge in [0.05, 0.1) is 5.75 Å². The molecule has 2 aromatic heterocycles. The summed E-state index contributed by atoms with van der Waals surface area (Å²) in [6.07, 6.45) is 5.02. The minimum Gasteiger partial charge on any atom is -0.325 e. The largest absolute Gasteiger partial charge is 0.325 e. The van der Waals surface area contributed by atoms with Crippen LogP contribution in [-0.2, 0) is 4.79 Å². The van der Waals surface area contributed by atoms with Crippen LogP contribution in [-0.4, -0.2) is 31.4 Å². The summed E-state index contributed by atoms with van der Waals surface area (Å²) < 4.78 is 1.76. The number of pyridine rings is 1. The maximum absolute atomic E-state index is 12.0. The van der Waals surface area contributed by atoms with E-state index in [9.17, 15) is 4.79 Å². The lowest BCUT2D eigenvalue weighted by molar-refractivity contribution is -0.113. The van der Waals surface area contributed by atoms with Crippen molar-refractivity contribution in [3.8, 4) is 11.4 Å². The number of rotatable bonds is 6. The van der Waals surface area contributed by atoms with E-state index in [-0.39, 0.29) is 11.7 Å². The lowest BCUT2D eigenvalue weighted by Gasteiger charge is -2.06. The average molecular weight is 337 g/mol. The van der Waals surface area contributed by atoms with Crippen LogP contribution in [0.1, 0.15) is 0 Å². The van der Waals surface area contributed by atoms with Gasteiger partial charge in [-0.15, -0.1) is 10.2 Å². The zero-order chi connectivity index (χ0) is 16.8. The molecule has 24 heavy (non-hydrogen) atoms. The molecule has 0 atom stereocenters. The topological polar surface area (TPSA) is 72.7 Å². The molecule has 7 heteroatoms.